The molecule has 17 nitrogen and oxygen atoms in total. The van der Waals surface area contributed by atoms with E-state index in [1.165, 1.54) is 56.5 Å². The van der Waals surface area contributed by atoms with Crippen LogP contribution >= 0.6 is 0 Å². The van der Waals surface area contributed by atoms with Crippen molar-refractivity contribution in [2.24, 2.45) is 0 Å². The number of ether oxygens (including phenoxy) is 7. The van der Waals surface area contributed by atoms with Gasteiger partial charge in [-0.1, -0.05) is 54.6 Å². The average molecular weight is 798 g/mol. The summed E-state index contributed by atoms with van der Waals surface area (Å²) in [5.74, 6) is -1.83. The number of rotatable bonds is 14. The Labute approximate surface area is 331 Å². The van der Waals surface area contributed by atoms with E-state index in [0.717, 1.165) is 22.3 Å². The monoisotopic (exact) mass is 797 g/mol. The maximum atomic E-state index is 13.2. The number of anilines is 1. The van der Waals surface area contributed by atoms with Gasteiger partial charge in [0.05, 0.1) is 17.7 Å². The van der Waals surface area contributed by atoms with Crippen molar-refractivity contribution in [2.75, 3.05) is 25.6 Å². The first-order chi connectivity index (χ1) is 28.0. The number of carbonyl (C=O) groups excluding carboxylic acids is 5. The zero-order valence-corrected chi connectivity index (χ0v) is 31.4. The van der Waals surface area contributed by atoms with Crippen molar-refractivity contribution in [3.05, 3.63) is 118 Å². The highest BCUT2D eigenvalue weighted by Gasteiger charge is 2.37. The van der Waals surface area contributed by atoms with E-state index in [-0.39, 0.29) is 67.8 Å². The minimum atomic E-state index is -1.12. The summed E-state index contributed by atoms with van der Waals surface area (Å²) in [7, 11) is 1.19. The van der Waals surface area contributed by atoms with Crippen molar-refractivity contribution in [2.45, 2.75) is 57.2 Å². The van der Waals surface area contributed by atoms with Crippen LogP contribution in [0.1, 0.15) is 48.8 Å². The number of nitrogens with one attached hydrogen (secondary N) is 2. The minimum Gasteiger partial charge on any atom is -0.467 e. The van der Waals surface area contributed by atoms with Gasteiger partial charge in [-0.2, -0.15) is 0 Å². The van der Waals surface area contributed by atoms with Crippen LogP contribution < -0.4 is 20.1 Å². The molecule has 1 saturated heterocycles. The van der Waals surface area contributed by atoms with E-state index < -0.39 is 53.5 Å². The van der Waals surface area contributed by atoms with Gasteiger partial charge in [-0.05, 0) is 52.1 Å². The van der Waals surface area contributed by atoms with Gasteiger partial charge in [0.15, 0.2) is 6.10 Å². The predicted molar refractivity (Wildman–Crippen MR) is 203 cm³/mol. The van der Waals surface area contributed by atoms with E-state index in [9.17, 15) is 34.1 Å². The third-order valence-electron chi connectivity index (χ3n) is 9.19. The number of hydrogen-bond acceptors (Lipinski definition) is 14. The first kappa shape index (κ1) is 40.6. The van der Waals surface area contributed by atoms with Gasteiger partial charge in [0.2, 0.25) is 12.2 Å². The summed E-state index contributed by atoms with van der Waals surface area (Å²) in [5.41, 5.74) is 4.61. The summed E-state index contributed by atoms with van der Waals surface area (Å²) in [4.78, 5) is 72.8. The molecular weight excluding hydrogens is 758 g/mol. The molecule has 6 rings (SSSR count). The van der Waals surface area contributed by atoms with Gasteiger partial charge in [-0.25, -0.2) is 14.4 Å². The smallest absolute Gasteiger partial charge is 0.467 e. The van der Waals surface area contributed by atoms with E-state index >= 15 is 0 Å². The van der Waals surface area contributed by atoms with Gasteiger partial charge in [0.1, 0.15) is 30.8 Å². The van der Waals surface area contributed by atoms with Gasteiger partial charge in [0, 0.05) is 50.8 Å². The highest BCUT2D eigenvalue weighted by molar-refractivity contribution is 5.92. The van der Waals surface area contributed by atoms with Crippen LogP contribution in [0.15, 0.2) is 91.0 Å². The molecule has 1 heterocycles. The molecular formula is C41H39N3O14. The number of methoxy groups -OCH3 is 1. The highest BCUT2D eigenvalue weighted by atomic mass is 16.7. The molecule has 1 aliphatic carbocycles. The molecule has 2 aliphatic rings. The lowest BCUT2D eigenvalue weighted by molar-refractivity contribution is -0.384. The maximum absolute atomic E-state index is 13.2. The standard InChI is InChI=1S/C41H39N3O14/c1-24(45)55-28-20-36(39(47)52-2)58-38(21-28)57-35-16-11-25(22-54-41(49)56-27-14-12-26(13-15-27)44(50)51)19-34(35)43-37(46)17-18-42-40(48)53-23-33-31-9-5-3-7-29(31)30-8-4-6-10-32(30)33/h3-16,19,28,33,36,38H,17-18,20-23H2,1-2H3,(H,42,48)(H,43,46)/t28-,36-,38+/m0/s1. The number of nitro benzene ring substituents is 1. The highest BCUT2D eigenvalue weighted by Crippen LogP contribution is 2.44. The molecule has 0 radical (unpaired) electrons. The number of hydrogen-bond donors (Lipinski definition) is 2. The van der Waals surface area contributed by atoms with Crippen LogP contribution in [0.2, 0.25) is 0 Å². The molecule has 3 atom stereocenters. The molecule has 0 bridgehead atoms. The summed E-state index contributed by atoms with van der Waals surface area (Å²) >= 11 is 0. The Morgan fingerprint density at radius 2 is 1.57 bits per heavy atom. The molecule has 2 amide bonds. The second-order valence-electron chi connectivity index (χ2n) is 13.2. The topological polar surface area (TPSA) is 217 Å². The Balaban J connectivity index is 1.08. The van der Waals surface area contributed by atoms with Gasteiger partial charge in [-0.15, -0.1) is 0 Å². The number of nitrogens with zero attached hydrogens (tertiary/aromatic N) is 1. The summed E-state index contributed by atoms with van der Waals surface area (Å²) in [6.07, 6.45) is -4.85. The molecule has 0 saturated carbocycles. The van der Waals surface area contributed by atoms with Gasteiger partial charge in [-0.3, -0.25) is 19.7 Å². The molecule has 1 fully saturated rings. The Morgan fingerprint density at radius 3 is 2.22 bits per heavy atom. The first-order valence-corrected chi connectivity index (χ1v) is 18.1. The molecule has 58 heavy (non-hydrogen) atoms. The normalized spacial score (nSPS) is 16.8. The molecule has 0 aromatic heterocycles. The van der Waals surface area contributed by atoms with Gasteiger partial charge >= 0.3 is 24.2 Å². The number of alkyl carbamates (subject to hydrolysis) is 1. The second-order valence-corrected chi connectivity index (χ2v) is 13.2. The van der Waals surface area contributed by atoms with Crippen LogP contribution in [-0.2, 0) is 44.7 Å². The molecule has 4 aromatic carbocycles. The number of amides is 2. The largest absolute Gasteiger partial charge is 0.514 e. The maximum Gasteiger partial charge on any atom is 0.514 e. The Kier molecular flexibility index (Phi) is 13.1. The number of fused-ring (bicyclic) bond motifs is 3. The first-order valence-electron chi connectivity index (χ1n) is 18.1. The summed E-state index contributed by atoms with van der Waals surface area (Å²) in [5, 5.41) is 16.2. The van der Waals surface area contributed by atoms with Crippen LogP contribution in [0.4, 0.5) is 21.0 Å². The lowest BCUT2D eigenvalue weighted by atomic mass is 9.98. The molecule has 0 unspecified atom stereocenters. The lowest BCUT2D eigenvalue weighted by Crippen LogP contribution is -2.44. The lowest BCUT2D eigenvalue weighted by Gasteiger charge is -2.33. The Morgan fingerprint density at radius 1 is 0.879 bits per heavy atom. The van der Waals surface area contributed by atoms with Crippen molar-refractivity contribution in [1.29, 1.82) is 0 Å². The van der Waals surface area contributed by atoms with E-state index in [1.807, 2.05) is 48.5 Å². The van der Waals surface area contributed by atoms with Crippen LogP contribution in [0.25, 0.3) is 11.1 Å². The third-order valence-corrected chi connectivity index (χ3v) is 9.19. The van der Waals surface area contributed by atoms with Crippen LogP contribution in [0.3, 0.4) is 0 Å². The quantitative estimate of drug-likeness (QED) is 0.0480. The fourth-order valence-corrected chi connectivity index (χ4v) is 6.59. The molecule has 4 aromatic rings. The van der Waals surface area contributed by atoms with E-state index in [0.29, 0.717) is 5.56 Å². The van der Waals surface area contributed by atoms with Crippen molar-refractivity contribution < 1.29 is 62.1 Å². The zero-order chi connectivity index (χ0) is 41.2. The van der Waals surface area contributed by atoms with Gasteiger partial charge < -0.3 is 43.8 Å². The fraction of sp³-hybridized carbons (Fsp3) is 0.293. The number of carbonyl (C=O) groups is 5. The zero-order valence-electron chi connectivity index (χ0n) is 31.4. The second kappa shape index (κ2) is 18.8. The van der Waals surface area contributed by atoms with Crippen molar-refractivity contribution in [3.8, 4) is 22.6 Å². The Hall–Kier alpha value is -7.01. The number of nitro groups is 1. The van der Waals surface area contributed by atoms with Crippen molar-refractivity contribution >= 4 is 41.5 Å². The van der Waals surface area contributed by atoms with Crippen LogP contribution in [0.5, 0.6) is 11.5 Å². The molecule has 1 aliphatic heterocycles. The number of non-ortho nitro benzene ring substituents is 1. The van der Waals surface area contributed by atoms with Gasteiger partial charge in [0.25, 0.3) is 5.69 Å². The van der Waals surface area contributed by atoms with E-state index in [4.69, 9.17) is 33.2 Å². The summed E-state index contributed by atoms with van der Waals surface area (Å²) in [6, 6.07) is 25.2. The molecule has 17 heteroatoms. The third kappa shape index (κ3) is 10.4. The van der Waals surface area contributed by atoms with Crippen molar-refractivity contribution in [1.82, 2.24) is 5.32 Å². The van der Waals surface area contributed by atoms with E-state index in [1.54, 1.807) is 0 Å². The van der Waals surface area contributed by atoms with Crippen LogP contribution in [-0.4, -0.2) is 73.8 Å². The summed E-state index contributed by atoms with van der Waals surface area (Å²) < 4.78 is 37.9. The Bertz CT molecular complexity index is 2130. The minimum absolute atomic E-state index is 0.0174. The molecule has 302 valence electrons. The average Bonchev–Trinajstić information content (AvgIpc) is 3.53. The SMILES string of the molecule is COC(=O)[C@@H]1C[C@H](OC(C)=O)C[C@H](Oc2ccc(COC(=O)Oc3ccc([N+](=O)[O-])cc3)cc2NC(=O)CCNC(=O)OCC2c3ccccc3-c3ccccc32)O1. The number of benzene rings is 4. The molecule has 0 spiro atoms. The molecule has 2 N–H and O–H groups in total. The van der Waals surface area contributed by atoms with Crippen molar-refractivity contribution in [3.63, 3.8) is 0 Å². The van der Waals surface area contributed by atoms with E-state index in [2.05, 4.69) is 10.6 Å². The fourth-order valence-electron chi connectivity index (χ4n) is 6.59. The predicted octanol–water partition coefficient (Wildman–Crippen LogP) is 6.17. The number of esters is 2. The summed E-state index contributed by atoms with van der Waals surface area (Å²) in [6.45, 7) is 0.933. The van der Waals surface area contributed by atoms with Crippen LogP contribution in [0, 0.1) is 10.1 Å².